The molecule has 2 N–H and O–H groups in total. The number of para-hydroxylation sites is 1. The third-order valence-corrected chi connectivity index (χ3v) is 7.07. The number of amides is 1. The van der Waals surface area contributed by atoms with Gasteiger partial charge in [-0.25, -0.2) is 13.1 Å². The summed E-state index contributed by atoms with van der Waals surface area (Å²) in [6.45, 7) is 0. The maximum atomic E-state index is 13.0. The molecule has 0 fully saturated rings. The first kappa shape index (κ1) is 24.0. The van der Waals surface area contributed by atoms with Gasteiger partial charge in [0, 0.05) is 22.9 Å². The highest BCUT2D eigenvalue weighted by molar-refractivity contribution is 7.92. The van der Waals surface area contributed by atoms with Gasteiger partial charge in [0.05, 0.1) is 16.3 Å². The predicted molar refractivity (Wildman–Crippen MR) is 145 cm³/mol. The number of allylic oxidation sites excluding steroid dienone is 5. The minimum atomic E-state index is -3.83. The minimum Gasteiger partial charge on any atom is -0.322 e. The van der Waals surface area contributed by atoms with Crippen molar-refractivity contribution in [3.63, 3.8) is 0 Å². The fourth-order valence-electron chi connectivity index (χ4n) is 3.82. The molecule has 0 saturated heterocycles. The predicted octanol–water partition coefficient (Wildman–Crippen LogP) is 5.47. The SMILES string of the molecule is O=C(NC1=CCC=CC=C1)c1ccc(-c2cc(NS(=O)(=O)c3ccccc3)n(-c3ccccc3)n2)cc1. The highest BCUT2D eigenvalue weighted by atomic mass is 32.2. The third-order valence-electron chi connectivity index (χ3n) is 5.70. The van der Waals surface area contributed by atoms with Gasteiger partial charge in [0.15, 0.2) is 0 Å². The zero-order valence-corrected chi connectivity index (χ0v) is 20.6. The van der Waals surface area contributed by atoms with Crippen LogP contribution >= 0.6 is 0 Å². The lowest BCUT2D eigenvalue weighted by atomic mass is 10.1. The van der Waals surface area contributed by atoms with E-state index in [1.54, 1.807) is 53.2 Å². The molecule has 37 heavy (non-hydrogen) atoms. The van der Waals surface area contributed by atoms with Crippen molar-refractivity contribution >= 4 is 21.7 Å². The van der Waals surface area contributed by atoms with E-state index in [9.17, 15) is 13.2 Å². The van der Waals surface area contributed by atoms with Gasteiger partial charge in [-0.15, -0.1) is 0 Å². The molecule has 1 aliphatic carbocycles. The quantitative estimate of drug-likeness (QED) is 0.346. The Morgan fingerprint density at radius 3 is 2.30 bits per heavy atom. The van der Waals surface area contributed by atoms with Gasteiger partial charge >= 0.3 is 0 Å². The summed E-state index contributed by atoms with van der Waals surface area (Å²) < 4.78 is 30.3. The van der Waals surface area contributed by atoms with Crippen LogP contribution in [0.15, 0.2) is 132 Å². The number of carbonyl (C=O) groups is 1. The van der Waals surface area contributed by atoms with Crippen molar-refractivity contribution in [2.24, 2.45) is 0 Å². The van der Waals surface area contributed by atoms with Gasteiger partial charge in [-0.1, -0.05) is 72.8 Å². The van der Waals surface area contributed by atoms with Crippen LogP contribution in [0.2, 0.25) is 0 Å². The van der Waals surface area contributed by atoms with Crippen LogP contribution in [0.3, 0.4) is 0 Å². The molecule has 0 saturated carbocycles. The lowest BCUT2D eigenvalue weighted by Gasteiger charge is -2.10. The van der Waals surface area contributed by atoms with Crippen LogP contribution in [0.1, 0.15) is 16.8 Å². The maximum Gasteiger partial charge on any atom is 0.263 e. The molecule has 0 atom stereocenters. The first-order valence-electron chi connectivity index (χ1n) is 11.7. The Balaban J connectivity index is 1.43. The molecule has 4 aromatic rings. The molecule has 5 rings (SSSR count). The summed E-state index contributed by atoms with van der Waals surface area (Å²) in [5.74, 6) is 0.0862. The molecule has 1 aromatic heterocycles. The van der Waals surface area contributed by atoms with Crippen molar-refractivity contribution in [2.45, 2.75) is 11.3 Å². The largest absolute Gasteiger partial charge is 0.322 e. The molecule has 8 heteroatoms. The van der Waals surface area contributed by atoms with Crippen LogP contribution in [0.5, 0.6) is 0 Å². The molecular weight excluding hydrogens is 484 g/mol. The van der Waals surface area contributed by atoms with Crippen LogP contribution in [0, 0.1) is 0 Å². The zero-order valence-electron chi connectivity index (χ0n) is 19.8. The molecule has 0 spiro atoms. The van der Waals surface area contributed by atoms with Gasteiger partial charge in [-0.2, -0.15) is 5.10 Å². The fourth-order valence-corrected chi connectivity index (χ4v) is 4.88. The molecule has 1 heterocycles. The molecular formula is C29H24N4O3S. The van der Waals surface area contributed by atoms with Crippen LogP contribution in [0.4, 0.5) is 5.82 Å². The van der Waals surface area contributed by atoms with E-state index in [1.807, 2.05) is 60.7 Å². The molecule has 3 aromatic carbocycles. The highest BCUT2D eigenvalue weighted by Gasteiger charge is 2.19. The van der Waals surface area contributed by atoms with Crippen molar-refractivity contribution in [3.05, 3.63) is 133 Å². The van der Waals surface area contributed by atoms with Crippen LogP contribution in [-0.4, -0.2) is 24.1 Å². The minimum absolute atomic E-state index is 0.155. The molecule has 7 nitrogen and oxygen atoms in total. The van der Waals surface area contributed by atoms with E-state index >= 15 is 0 Å². The molecule has 1 aliphatic rings. The number of hydrogen-bond donors (Lipinski definition) is 2. The zero-order chi connectivity index (χ0) is 25.7. The molecule has 0 unspecified atom stereocenters. The highest BCUT2D eigenvalue weighted by Crippen LogP contribution is 2.27. The van der Waals surface area contributed by atoms with E-state index in [0.717, 1.165) is 17.7 Å². The van der Waals surface area contributed by atoms with E-state index in [0.29, 0.717) is 22.8 Å². The van der Waals surface area contributed by atoms with Gasteiger partial charge in [-0.3, -0.25) is 9.52 Å². The van der Waals surface area contributed by atoms with E-state index in [1.165, 1.54) is 12.1 Å². The Bertz CT molecular complexity index is 1600. The summed E-state index contributed by atoms with van der Waals surface area (Å²) in [5.41, 5.74) is 3.25. The first-order valence-corrected chi connectivity index (χ1v) is 13.2. The fraction of sp³-hybridized carbons (Fsp3) is 0.0345. The Morgan fingerprint density at radius 2 is 1.57 bits per heavy atom. The van der Waals surface area contributed by atoms with E-state index in [-0.39, 0.29) is 10.8 Å². The first-order chi connectivity index (χ1) is 18.0. The average molecular weight is 509 g/mol. The van der Waals surface area contributed by atoms with Crippen molar-refractivity contribution in [2.75, 3.05) is 4.72 Å². The number of anilines is 1. The lowest BCUT2D eigenvalue weighted by Crippen LogP contribution is -2.21. The van der Waals surface area contributed by atoms with Gasteiger partial charge in [0.25, 0.3) is 15.9 Å². The number of hydrogen-bond acceptors (Lipinski definition) is 4. The number of rotatable bonds is 7. The van der Waals surface area contributed by atoms with E-state index in [2.05, 4.69) is 15.1 Å². The van der Waals surface area contributed by atoms with Gasteiger partial charge in [-0.05, 0) is 48.9 Å². The lowest BCUT2D eigenvalue weighted by molar-refractivity contribution is 0.0967. The van der Waals surface area contributed by atoms with Crippen molar-refractivity contribution in [3.8, 4) is 16.9 Å². The summed E-state index contributed by atoms with van der Waals surface area (Å²) >= 11 is 0. The van der Waals surface area contributed by atoms with Crippen molar-refractivity contribution < 1.29 is 13.2 Å². The molecule has 0 radical (unpaired) electrons. The number of nitrogens with one attached hydrogen (secondary N) is 2. The maximum absolute atomic E-state index is 13.0. The second kappa shape index (κ2) is 10.5. The van der Waals surface area contributed by atoms with Crippen molar-refractivity contribution in [1.29, 1.82) is 0 Å². The van der Waals surface area contributed by atoms with Crippen LogP contribution < -0.4 is 10.0 Å². The Labute approximate surface area is 215 Å². The monoisotopic (exact) mass is 508 g/mol. The average Bonchev–Trinajstić information content (AvgIpc) is 3.16. The second-order valence-corrected chi connectivity index (χ2v) is 9.98. The van der Waals surface area contributed by atoms with E-state index < -0.39 is 10.0 Å². The normalized spacial score (nSPS) is 13.0. The van der Waals surface area contributed by atoms with Crippen LogP contribution in [0.25, 0.3) is 16.9 Å². The van der Waals surface area contributed by atoms with Gasteiger partial charge in [0.2, 0.25) is 0 Å². The number of aromatic nitrogens is 2. The molecule has 1 amide bonds. The standard InChI is InChI=1S/C29H24N4O3S/c34-29(30-24-11-5-1-2-6-12-24)23-19-17-22(18-20-23)27-21-28(33(31-27)25-13-7-3-8-14-25)32-37(35,36)26-15-9-4-10-16-26/h1-5,7-21,32H,6H2,(H,30,34). The second-order valence-electron chi connectivity index (χ2n) is 8.29. The number of benzene rings is 3. The van der Waals surface area contributed by atoms with Crippen LogP contribution in [-0.2, 0) is 10.0 Å². The summed E-state index contributed by atoms with van der Waals surface area (Å²) in [6.07, 6.45) is 10.4. The number of carbonyl (C=O) groups excluding carboxylic acids is 1. The van der Waals surface area contributed by atoms with Gasteiger partial charge < -0.3 is 5.32 Å². The van der Waals surface area contributed by atoms with Crippen molar-refractivity contribution in [1.82, 2.24) is 15.1 Å². The molecule has 184 valence electrons. The summed E-state index contributed by atoms with van der Waals surface area (Å²) in [5, 5.41) is 7.58. The molecule has 0 bridgehead atoms. The Morgan fingerprint density at radius 1 is 0.865 bits per heavy atom. The Kier molecular flexibility index (Phi) is 6.83. The Hall–Kier alpha value is -4.69. The topological polar surface area (TPSA) is 93.1 Å². The summed E-state index contributed by atoms with van der Waals surface area (Å²) in [7, 11) is -3.83. The van der Waals surface area contributed by atoms with E-state index in [4.69, 9.17) is 0 Å². The summed E-state index contributed by atoms with van der Waals surface area (Å²) in [4.78, 5) is 12.9. The van der Waals surface area contributed by atoms with Gasteiger partial charge in [0.1, 0.15) is 5.82 Å². The smallest absolute Gasteiger partial charge is 0.263 e. The molecule has 0 aliphatic heterocycles. The number of sulfonamides is 1. The number of nitrogens with zero attached hydrogens (tertiary/aromatic N) is 2. The summed E-state index contributed by atoms with van der Waals surface area (Å²) in [6, 6.07) is 26.2. The third kappa shape index (κ3) is 5.60.